The zero-order valence-corrected chi connectivity index (χ0v) is 12.7. The van der Waals surface area contributed by atoms with Gasteiger partial charge in [0.2, 0.25) is 0 Å². The van der Waals surface area contributed by atoms with Gasteiger partial charge in [-0.15, -0.1) is 0 Å². The molecule has 0 fully saturated rings. The largest absolute Gasteiger partial charge is 0.493 e. The summed E-state index contributed by atoms with van der Waals surface area (Å²) in [7, 11) is 3.11. The Bertz CT molecular complexity index is 819. The number of hydrogen-bond donors (Lipinski definition) is 0. The lowest BCUT2D eigenvalue weighted by atomic mass is 10.1. The van der Waals surface area contributed by atoms with Crippen LogP contribution >= 0.6 is 23.2 Å². The van der Waals surface area contributed by atoms with Crippen LogP contribution in [0.3, 0.4) is 0 Å². The quantitative estimate of drug-likeness (QED) is 0.693. The van der Waals surface area contributed by atoms with Crippen LogP contribution in [0, 0.1) is 0 Å². The zero-order chi connectivity index (χ0) is 15.0. The minimum Gasteiger partial charge on any atom is -0.493 e. The Hall–Kier alpha value is -2.05. The fourth-order valence-corrected chi connectivity index (χ4v) is 2.72. The number of halogens is 2. The maximum atomic E-state index is 6.39. The first kappa shape index (κ1) is 13.9. The lowest BCUT2D eigenvalue weighted by Gasteiger charge is -2.14. The van der Waals surface area contributed by atoms with Crippen LogP contribution in [0.15, 0.2) is 24.5 Å². The maximum Gasteiger partial charge on any atom is 0.255 e. The summed E-state index contributed by atoms with van der Waals surface area (Å²) >= 11 is 12.6. The van der Waals surface area contributed by atoms with Gasteiger partial charge in [0.25, 0.3) is 5.78 Å². The van der Waals surface area contributed by atoms with E-state index >= 15 is 0 Å². The molecule has 0 aliphatic carbocycles. The fourth-order valence-electron chi connectivity index (χ4n) is 2.09. The summed E-state index contributed by atoms with van der Waals surface area (Å²) in [4.78, 5) is 8.15. The van der Waals surface area contributed by atoms with E-state index < -0.39 is 0 Å². The van der Waals surface area contributed by atoms with Gasteiger partial charge < -0.3 is 9.47 Å². The van der Waals surface area contributed by atoms with Crippen molar-refractivity contribution in [2.45, 2.75) is 0 Å². The minimum absolute atomic E-state index is 0.215. The highest BCUT2D eigenvalue weighted by Gasteiger charge is 2.20. The van der Waals surface area contributed by atoms with Crippen molar-refractivity contribution in [3.8, 4) is 22.6 Å². The zero-order valence-electron chi connectivity index (χ0n) is 11.2. The Labute approximate surface area is 130 Å². The lowest BCUT2D eigenvalue weighted by molar-refractivity contribution is 0.356. The van der Waals surface area contributed by atoms with Crippen molar-refractivity contribution in [2.24, 2.45) is 0 Å². The van der Waals surface area contributed by atoms with Crippen LogP contribution in [0.25, 0.3) is 16.9 Å². The van der Waals surface area contributed by atoms with Crippen molar-refractivity contribution in [1.82, 2.24) is 19.6 Å². The molecule has 0 unspecified atom stereocenters. The molecule has 0 aliphatic rings. The molecule has 2 aromatic heterocycles. The Morgan fingerprint density at radius 1 is 1.14 bits per heavy atom. The molecule has 8 heteroatoms. The summed E-state index contributed by atoms with van der Waals surface area (Å²) in [5.41, 5.74) is 1.17. The Kier molecular flexibility index (Phi) is 3.57. The standard InChI is InChI=1S/C13H10Cl2N4O2/c1-20-8-5-3-4-7(10(8)21-2)9-11(14)18-13-16-6-17-19(13)12(9)15/h3-6H,1-2H3. The molecule has 2 heterocycles. The number of fused-ring (bicyclic) bond motifs is 1. The third-order valence-electron chi connectivity index (χ3n) is 3.00. The smallest absolute Gasteiger partial charge is 0.255 e. The van der Waals surface area contributed by atoms with E-state index in [-0.39, 0.29) is 5.15 Å². The number of rotatable bonds is 3. The highest BCUT2D eigenvalue weighted by atomic mass is 35.5. The van der Waals surface area contributed by atoms with E-state index in [1.165, 1.54) is 10.8 Å². The first-order chi connectivity index (χ1) is 10.2. The second-order valence-electron chi connectivity index (χ2n) is 4.08. The fraction of sp³-hybridized carbons (Fsp3) is 0.154. The molecule has 6 nitrogen and oxygen atoms in total. The highest BCUT2D eigenvalue weighted by Crippen LogP contribution is 2.43. The molecule has 0 saturated heterocycles. The van der Waals surface area contributed by atoms with Gasteiger partial charge in [-0.25, -0.2) is 0 Å². The van der Waals surface area contributed by atoms with Crippen LogP contribution in [0.1, 0.15) is 0 Å². The summed E-state index contributed by atoms with van der Waals surface area (Å²) in [6.45, 7) is 0. The molecule has 3 rings (SSSR count). The van der Waals surface area contributed by atoms with E-state index in [1.807, 2.05) is 12.1 Å². The van der Waals surface area contributed by atoms with Gasteiger partial charge in [-0.3, -0.25) is 0 Å². The first-order valence-electron chi connectivity index (χ1n) is 5.93. The molecule has 108 valence electrons. The van der Waals surface area contributed by atoms with E-state index in [4.69, 9.17) is 32.7 Å². The van der Waals surface area contributed by atoms with Crippen LogP contribution in [0.2, 0.25) is 10.3 Å². The molecule has 0 spiro atoms. The van der Waals surface area contributed by atoms with Crippen LogP contribution < -0.4 is 9.47 Å². The van der Waals surface area contributed by atoms with Crippen LogP contribution in [0.4, 0.5) is 0 Å². The molecule has 0 bridgehead atoms. The van der Waals surface area contributed by atoms with Crippen LogP contribution in [-0.4, -0.2) is 33.8 Å². The molecule has 1 aromatic carbocycles. The predicted molar refractivity (Wildman–Crippen MR) is 79.3 cm³/mol. The molecule has 0 radical (unpaired) electrons. The van der Waals surface area contributed by atoms with Gasteiger partial charge in [0, 0.05) is 5.56 Å². The van der Waals surface area contributed by atoms with E-state index in [0.29, 0.717) is 33.6 Å². The summed E-state index contributed by atoms with van der Waals surface area (Å²) in [5, 5.41) is 4.54. The SMILES string of the molecule is COc1cccc(-c2c(Cl)nc3ncnn3c2Cl)c1OC. The first-order valence-corrected chi connectivity index (χ1v) is 6.69. The van der Waals surface area contributed by atoms with Gasteiger partial charge >= 0.3 is 0 Å². The van der Waals surface area contributed by atoms with Gasteiger partial charge in [-0.05, 0) is 6.07 Å². The number of hydrogen-bond acceptors (Lipinski definition) is 5. The van der Waals surface area contributed by atoms with Crippen molar-refractivity contribution in [2.75, 3.05) is 14.2 Å². The van der Waals surface area contributed by atoms with Crippen molar-refractivity contribution >= 4 is 29.0 Å². The Morgan fingerprint density at radius 2 is 1.95 bits per heavy atom. The minimum atomic E-state index is 0.215. The maximum absolute atomic E-state index is 6.39. The third-order valence-corrected chi connectivity index (χ3v) is 3.62. The van der Waals surface area contributed by atoms with Gasteiger partial charge in [0.05, 0.1) is 19.8 Å². The van der Waals surface area contributed by atoms with Gasteiger partial charge in [0.15, 0.2) is 11.5 Å². The number of nitrogens with zero attached hydrogens (tertiary/aromatic N) is 4. The van der Waals surface area contributed by atoms with Gasteiger partial charge in [0.1, 0.15) is 16.6 Å². The number of aromatic nitrogens is 4. The number of methoxy groups -OCH3 is 2. The molecule has 0 N–H and O–H groups in total. The average molecular weight is 325 g/mol. The normalized spacial score (nSPS) is 10.9. The second-order valence-corrected chi connectivity index (χ2v) is 4.80. The molecule has 21 heavy (non-hydrogen) atoms. The lowest BCUT2D eigenvalue weighted by Crippen LogP contribution is -2.00. The molecule has 0 atom stereocenters. The topological polar surface area (TPSA) is 61.5 Å². The van der Waals surface area contributed by atoms with Gasteiger partial charge in [-0.1, -0.05) is 35.3 Å². The highest BCUT2D eigenvalue weighted by molar-refractivity contribution is 6.38. The summed E-state index contributed by atoms with van der Waals surface area (Å²) < 4.78 is 12.1. The van der Waals surface area contributed by atoms with Crippen LogP contribution in [-0.2, 0) is 0 Å². The van der Waals surface area contributed by atoms with E-state index in [1.54, 1.807) is 20.3 Å². The molecule has 0 saturated carbocycles. The monoisotopic (exact) mass is 324 g/mol. The van der Waals surface area contributed by atoms with Crippen molar-refractivity contribution < 1.29 is 9.47 Å². The van der Waals surface area contributed by atoms with Crippen molar-refractivity contribution in [1.29, 1.82) is 0 Å². The number of ether oxygens (including phenoxy) is 2. The molecule has 0 amide bonds. The van der Waals surface area contributed by atoms with Crippen molar-refractivity contribution in [3.05, 3.63) is 34.8 Å². The van der Waals surface area contributed by atoms with Gasteiger partial charge in [-0.2, -0.15) is 19.6 Å². The number of para-hydroxylation sites is 1. The van der Waals surface area contributed by atoms with Crippen LogP contribution in [0.5, 0.6) is 11.5 Å². The molecule has 0 aliphatic heterocycles. The molecular formula is C13H10Cl2N4O2. The number of benzene rings is 1. The summed E-state index contributed by atoms with van der Waals surface area (Å²) in [6, 6.07) is 5.42. The summed E-state index contributed by atoms with van der Waals surface area (Å²) in [5.74, 6) is 1.42. The third kappa shape index (κ3) is 2.16. The van der Waals surface area contributed by atoms with Crippen molar-refractivity contribution in [3.63, 3.8) is 0 Å². The average Bonchev–Trinajstić information content (AvgIpc) is 2.95. The van der Waals surface area contributed by atoms with E-state index in [9.17, 15) is 0 Å². The molecule has 3 aromatic rings. The predicted octanol–water partition coefficient (Wildman–Crippen LogP) is 3.12. The molecular weight excluding hydrogens is 315 g/mol. The van der Waals surface area contributed by atoms with E-state index in [2.05, 4.69) is 15.1 Å². The Balaban J connectivity index is 2.35. The second kappa shape index (κ2) is 5.38. The van der Waals surface area contributed by atoms with E-state index in [0.717, 1.165) is 0 Å². The Morgan fingerprint density at radius 3 is 2.67 bits per heavy atom. The summed E-state index contributed by atoms with van der Waals surface area (Å²) in [6.07, 6.45) is 1.36.